The van der Waals surface area contributed by atoms with E-state index in [0.29, 0.717) is 30.2 Å². The predicted octanol–water partition coefficient (Wildman–Crippen LogP) is 5.82. The van der Waals surface area contributed by atoms with Gasteiger partial charge in [-0.25, -0.2) is 9.18 Å². The Hall–Kier alpha value is -3.68. The SMILES string of the molecule is CCOc1ccc(C2NC(=O)N(CCC(C)C)C(C)=C2c2nc(-c3cccc(F)c3)no2)cc1. The number of nitrogens with zero attached hydrogens (tertiary/aromatic N) is 3. The van der Waals surface area contributed by atoms with Crippen molar-refractivity contribution in [3.05, 3.63) is 71.5 Å². The third kappa shape index (κ3) is 4.95. The van der Waals surface area contributed by atoms with Crippen molar-refractivity contribution in [2.45, 2.75) is 40.2 Å². The van der Waals surface area contributed by atoms with E-state index in [9.17, 15) is 9.18 Å². The molecule has 178 valence electrons. The topological polar surface area (TPSA) is 80.5 Å². The number of hydrogen-bond donors (Lipinski definition) is 1. The molecule has 1 unspecified atom stereocenters. The number of aromatic nitrogens is 2. The molecule has 1 aliphatic rings. The Kier molecular flexibility index (Phi) is 6.95. The number of carbonyl (C=O) groups excluding carboxylic acids is 1. The van der Waals surface area contributed by atoms with Crippen LogP contribution in [0.2, 0.25) is 0 Å². The Balaban J connectivity index is 1.76. The van der Waals surface area contributed by atoms with Gasteiger partial charge in [-0.3, -0.25) is 4.90 Å². The highest BCUT2D eigenvalue weighted by Gasteiger charge is 2.35. The highest BCUT2D eigenvalue weighted by Crippen LogP contribution is 2.38. The summed E-state index contributed by atoms with van der Waals surface area (Å²) in [5, 5.41) is 7.18. The van der Waals surface area contributed by atoms with Crippen molar-refractivity contribution >= 4 is 11.6 Å². The molecule has 1 N–H and O–H groups in total. The second-order valence-corrected chi connectivity index (χ2v) is 8.65. The molecule has 2 aromatic carbocycles. The monoisotopic (exact) mass is 464 g/mol. The third-order valence-electron chi connectivity index (χ3n) is 5.79. The van der Waals surface area contributed by atoms with Crippen molar-refractivity contribution in [3.8, 4) is 17.1 Å². The van der Waals surface area contributed by atoms with E-state index in [2.05, 4.69) is 29.3 Å². The van der Waals surface area contributed by atoms with Gasteiger partial charge in [0.05, 0.1) is 18.2 Å². The minimum Gasteiger partial charge on any atom is -0.494 e. The van der Waals surface area contributed by atoms with Gasteiger partial charge in [-0.15, -0.1) is 0 Å². The van der Waals surface area contributed by atoms with Crippen LogP contribution in [0.1, 0.15) is 51.6 Å². The molecule has 0 saturated heterocycles. The van der Waals surface area contributed by atoms with Crippen molar-refractivity contribution in [1.82, 2.24) is 20.4 Å². The van der Waals surface area contributed by atoms with Gasteiger partial charge < -0.3 is 14.6 Å². The van der Waals surface area contributed by atoms with Crippen LogP contribution in [0.25, 0.3) is 17.0 Å². The Morgan fingerprint density at radius 1 is 1.21 bits per heavy atom. The zero-order valence-electron chi connectivity index (χ0n) is 19.8. The Labute approximate surface area is 198 Å². The average molecular weight is 465 g/mol. The molecule has 0 radical (unpaired) electrons. The second-order valence-electron chi connectivity index (χ2n) is 8.65. The van der Waals surface area contributed by atoms with Crippen LogP contribution < -0.4 is 10.1 Å². The molecule has 3 aromatic rings. The van der Waals surface area contributed by atoms with Crippen LogP contribution in [0.4, 0.5) is 9.18 Å². The van der Waals surface area contributed by atoms with E-state index < -0.39 is 6.04 Å². The largest absolute Gasteiger partial charge is 0.494 e. The van der Waals surface area contributed by atoms with Gasteiger partial charge in [-0.1, -0.05) is 43.3 Å². The molecular formula is C26H29FN4O3. The number of nitrogens with one attached hydrogen (secondary N) is 1. The summed E-state index contributed by atoms with van der Waals surface area (Å²) in [6, 6.07) is 12.9. The number of amides is 2. The fourth-order valence-electron chi connectivity index (χ4n) is 3.97. The van der Waals surface area contributed by atoms with Crippen LogP contribution in [0.15, 0.2) is 58.8 Å². The average Bonchev–Trinajstić information content (AvgIpc) is 3.29. The van der Waals surface area contributed by atoms with Gasteiger partial charge in [-0.05, 0) is 56.0 Å². The lowest BCUT2D eigenvalue weighted by Gasteiger charge is -2.35. The van der Waals surface area contributed by atoms with Crippen molar-refractivity contribution in [3.63, 3.8) is 0 Å². The quantitative estimate of drug-likeness (QED) is 0.454. The summed E-state index contributed by atoms with van der Waals surface area (Å²) in [6.45, 7) is 9.19. The van der Waals surface area contributed by atoms with Gasteiger partial charge in [0.2, 0.25) is 5.82 Å². The molecular weight excluding hydrogens is 435 g/mol. The van der Waals surface area contributed by atoms with E-state index in [4.69, 9.17) is 9.26 Å². The molecule has 2 amide bonds. The number of halogens is 1. The zero-order valence-corrected chi connectivity index (χ0v) is 19.8. The number of benzene rings is 2. The summed E-state index contributed by atoms with van der Waals surface area (Å²) >= 11 is 0. The van der Waals surface area contributed by atoms with Crippen LogP contribution >= 0.6 is 0 Å². The molecule has 4 rings (SSSR count). The minimum absolute atomic E-state index is 0.175. The van der Waals surface area contributed by atoms with E-state index in [0.717, 1.165) is 23.4 Å². The first-order valence-corrected chi connectivity index (χ1v) is 11.5. The number of urea groups is 1. The fraction of sp³-hybridized carbons (Fsp3) is 0.346. The van der Waals surface area contributed by atoms with Crippen LogP contribution in [0.5, 0.6) is 5.75 Å². The lowest BCUT2D eigenvalue weighted by molar-refractivity contribution is 0.202. The molecule has 1 aliphatic heterocycles. The molecule has 2 heterocycles. The minimum atomic E-state index is -0.487. The first-order chi connectivity index (χ1) is 16.4. The molecule has 0 spiro atoms. The summed E-state index contributed by atoms with van der Waals surface area (Å²) < 4.78 is 24.9. The number of rotatable bonds is 8. The smallest absolute Gasteiger partial charge is 0.322 e. The van der Waals surface area contributed by atoms with Gasteiger partial charge in [-0.2, -0.15) is 4.98 Å². The first-order valence-electron chi connectivity index (χ1n) is 11.5. The van der Waals surface area contributed by atoms with Crippen LogP contribution in [-0.4, -0.2) is 34.2 Å². The van der Waals surface area contributed by atoms with Crippen molar-refractivity contribution in [2.24, 2.45) is 5.92 Å². The standard InChI is InChI=1S/C26H29FN4O3/c1-5-33-21-11-9-18(10-12-21)23-22(17(4)31(26(32)28-23)14-13-16(2)3)25-29-24(30-34-25)19-7-6-8-20(27)15-19/h6-12,15-16,23H,5,13-14H2,1-4H3,(H,28,32). The summed E-state index contributed by atoms with van der Waals surface area (Å²) in [5.41, 5.74) is 2.84. The van der Waals surface area contributed by atoms with E-state index in [1.165, 1.54) is 12.1 Å². The second kappa shape index (κ2) is 10.1. The molecule has 0 aliphatic carbocycles. The van der Waals surface area contributed by atoms with Gasteiger partial charge in [0, 0.05) is 17.8 Å². The Morgan fingerprint density at radius 3 is 2.65 bits per heavy atom. The van der Waals surface area contributed by atoms with Crippen molar-refractivity contribution in [2.75, 3.05) is 13.2 Å². The first kappa shape index (κ1) is 23.5. The van der Waals surface area contributed by atoms with Crippen molar-refractivity contribution in [1.29, 1.82) is 0 Å². The van der Waals surface area contributed by atoms with Gasteiger partial charge in [0.1, 0.15) is 11.6 Å². The maximum atomic E-state index is 13.7. The molecule has 7 nitrogen and oxygen atoms in total. The van der Waals surface area contributed by atoms with Gasteiger partial charge in [0.25, 0.3) is 5.89 Å². The van der Waals surface area contributed by atoms with Gasteiger partial charge in [0.15, 0.2) is 0 Å². The number of carbonyl (C=O) groups is 1. The molecule has 0 bridgehead atoms. The maximum absolute atomic E-state index is 13.7. The lowest BCUT2D eigenvalue weighted by Crippen LogP contribution is -2.46. The zero-order chi connectivity index (χ0) is 24.2. The molecule has 1 aromatic heterocycles. The molecule has 34 heavy (non-hydrogen) atoms. The number of hydrogen-bond acceptors (Lipinski definition) is 5. The molecule has 0 fully saturated rings. The molecule has 1 atom stereocenters. The Morgan fingerprint density at radius 2 is 1.97 bits per heavy atom. The number of allylic oxidation sites excluding steroid dienone is 1. The van der Waals surface area contributed by atoms with E-state index >= 15 is 0 Å². The highest BCUT2D eigenvalue weighted by atomic mass is 19.1. The van der Waals surface area contributed by atoms with E-state index in [1.54, 1.807) is 17.0 Å². The maximum Gasteiger partial charge on any atom is 0.322 e. The molecule has 8 heteroatoms. The van der Waals surface area contributed by atoms with Crippen LogP contribution in [0.3, 0.4) is 0 Å². The summed E-state index contributed by atoms with van der Waals surface area (Å²) in [4.78, 5) is 19.3. The Bertz CT molecular complexity index is 1190. The normalized spacial score (nSPS) is 16.2. The fourth-order valence-corrected chi connectivity index (χ4v) is 3.97. The highest BCUT2D eigenvalue weighted by molar-refractivity contribution is 5.86. The third-order valence-corrected chi connectivity index (χ3v) is 5.79. The lowest BCUT2D eigenvalue weighted by atomic mass is 9.94. The molecule has 0 saturated carbocycles. The van der Waals surface area contributed by atoms with Crippen LogP contribution in [0, 0.1) is 11.7 Å². The van der Waals surface area contributed by atoms with Crippen molar-refractivity contribution < 1.29 is 18.4 Å². The summed E-state index contributed by atoms with van der Waals surface area (Å²) in [7, 11) is 0. The van der Waals surface area contributed by atoms with Crippen LogP contribution in [-0.2, 0) is 0 Å². The van der Waals surface area contributed by atoms with E-state index in [-0.39, 0.29) is 23.6 Å². The van der Waals surface area contributed by atoms with Gasteiger partial charge >= 0.3 is 6.03 Å². The predicted molar refractivity (Wildman–Crippen MR) is 127 cm³/mol. The van der Waals surface area contributed by atoms with E-state index in [1.807, 2.05) is 38.1 Å². The summed E-state index contributed by atoms with van der Waals surface area (Å²) in [6.07, 6.45) is 0.851. The number of ether oxygens (including phenoxy) is 1. The summed E-state index contributed by atoms with van der Waals surface area (Å²) in [5.74, 6) is 1.38.